The number of benzene rings is 2. The zero-order valence-corrected chi connectivity index (χ0v) is 19.6. The summed E-state index contributed by atoms with van der Waals surface area (Å²) in [5.74, 6) is -8.28. The van der Waals surface area contributed by atoms with Crippen molar-refractivity contribution in [1.82, 2.24) is 19.7 Å². The minimum Gasteiger partial charge on any atom is -0.487 e. The molecule has 3 atom stereocenters. The molecule has 1 aliphatic heterocycles. The maximum absolute atomic E-state index is 14.7. The Bertz CT molecular complexity index is 1290. The second kappa shape index (κ2) is 10.7. The molecular weight excluding hydrogens is 522 g/mol. The van der Waals surface area contributed by atoms with Gasteiger partial charge >= 0.3 is 18.3 Å². The average molecular weight is 542 g/mol. The number of hydrogen-bond acceptors (Lipinski definition) is 6. The Morgan fingerprint density at radius 2 is 1.87 bits per heavy atom. The molecule has 3 aromatic rings. The van der Waals surface area contributed by atoms with E-state index in [1.54, 1.807) is 6.92 Å². The quantitative estimate of drug-likeness (QED) is 0.316. The number of ether oxygens (including phenoxy) is 2. The molecule has 8 nitrogen and oxygen atoms in total. The van der Waals surface area contributed by atoms with Crippen molar-refractivity contribution in [1.29, 1.82) is 0 Å². The molecule has 3 unspecified atom stereocenters. The fraction of sp³-hybridized carbons (Fsp3) is 0.333. The summed E-state index contributed by atoms with van der Waals surface area (Å²) in [6.07, 6.45) is -2.21. The van der Waals surface area contributed by atoms with Crippen LogP contribution in [0.2, 0.25) is 0 Å². The minimum absolute atomic E-state index is 0.0143. The number of nitrogens with zero attached hydrogens (tertiary/aromatic N) is 4. The number of carbonyl (C=O) groups excluding carboxylic acids is 2. The molecule has 1 aromatic heterocycles. The first-order valence-electron chi connectivity index (χ1n) is 11.2. The van der Waals surface area contributed by atoms with Gasteiger partial charge in [0.15, 0.2) is 12.6 Å². The monoisotopic (exact) mass is 542 g/mol. The Morgan fingerprint density at radius 3 is 2.47 bits per heavy atom. The van der Waals surface area contributed by atoms with E-state index in [-0.39, 0.29) is 23.4 Å². The predicted octanol–water partition coefficient (Wildman–Crippen LogP) is 4.03. The molecule has 0 radical (unpaired) electrons. The zero-order valence-electron chi connectivity index (χ0n) is 19.6. The minimum atomic E-state index is -4.37. The van der Waals surface area contributed by atoms with E-state index in [0.717, 1.165) is 29.2 Å². The summed E-state index contributed by atoms with van der Waals surface area (Å²) in [7, 11) is 0. The highest BCUT2D eigenvalue weighted by molar-refractivity contribution is 5.98. The number of halogens is 6. The van der Waals surface area contributed by atoms with Gasteiger partial charge in [-0.25, -0.2) is 32.0 Å². The molecule has 0 spiro atoms. The van der Waals surface area contributed by atoms with E-state index in [9.17, 15) is 35.9 Å². The van der Waals surface area contributed by atoms with Gasteiger partial charge in [0, 0.05) is 17.2 Å². The van der Waals surface area contributed by atoms with Gasteiger partial charge in [-0.3, -0.25) is 4.79 Å². The van der Waals surface area contributed by atoms with Gasteiger partial charge in [-0.15, -0.1) is 0 Å². The second-order valence-electron chi connectivity index (χ2n) is 8.49. The molecule has 38 heavy (non-hydrogen) atoms. The maximum atomic E-state index is 14.7. The Balaban J connectivity index is 1.64. The summed E-state index contributed by atoms with van der Waals surface area (Å²) in [5, 5.41) is 3.95. The summed E-state index contributed by atoms with van der Waals surface area (Å²) in [5.41, 5.74) is -0.350. The molecule has 1 fully saturated rings. The lowest BCUT2D eigenvalue weighted by Gasteiger charge is -2.43. The third-order valence-electron chi connectivity index (χ3n) is 5.92. The Hall–Kier alpha value is -4.10. The summed E-state index contributed by atoms with van der Waals surface area (Å²) in [4.78, 5) is 31.6. The van der Waals surface area contributed by atoms with E-state index in [1.807, 2.05) is 0 Å². The van der Waals surface area contributed by atoms with Crippen molar-refractivity contribution >= 4 is 11.9 Å². The first-order valence-corrected chi connectivity index (χ1v) is 11.2. The number of alkyl halides is 4. The number of aromatic nitrogens is 3. The van der Waals surface area contributed by atoms with E-state index >= 15 is 0 Å². The first kappa shape index (κ1) is 26.9. The van der Waals surface area contributed by atoms with Gasteiger partial charge in [-0.2, -0.15) is 13.9 Å². The highest BCUT2D eigenvalue weighted by Crippen LogP contribution is 2.35. The van der Waals surface area contributed by atoms with E-state index in [2.05, 4.69) is 10.1 Å². The second-order valence-corrected chi connectivity index (χ2v) is 8.49. The van der Waals surface area contributed by atoms with Crippen molar-refractivity contribution in [2.75, 3.05) is 6.61 Å². The SMILES string of the molecule is CC1C(Cn2cncn2)OC(=O)C(c2ccc(F)cc2F)N1C(=O)c1ccc(OCC(F)(F)C(F)F)cc1. The molecule has 0 N–H and O–H groups in total. The zero-order chi connectivity index (χ0) is 27.6. The highest BCUT2D eigenvalue weighted by atomic mass is 19.3. The summed E-state index contributed by atoms with van der Waals surface area (Å²) >= 11 is 0. The molecule has 4 rings (SSSR count). The van der Waals surface area contributed by atoms with Crippen molar-refractivity contribution in [2.24, 2.45) is 0 Å². The molecular formula is C24H20F6N4O4. The summed E-state index contributed by atoms with van der Waals surface area (Å²) in [6.45, 7) is -0.00641. The molecule has 0 saturated carbocycles. The normalized spacial score (nSPS) is 19.9. The molecule has 0 aliphatic carbocycles. The van der Waals surface area contributed by atoms with Gasteiger partial charge in [-0.1, -0.05) is 6.07 Å². The van der Waals surface area contributed by atoms with Crippen molar-refractivity contribution < 1.29 is 45.4 Å². The molecule has 202 valence electrons. The third-order valence-corrected chi connectivity index (χ3v) is 5.92. The standard InChI is InChI=1S/C24H20F6N4O4/c1-13-19(9-33-12-31-11-32-33)38-22(36)20(17-7-4-15(25)8-18(17)26)34(13)21(35)14-2-5-16(6-3-14)37-10-24(29,30)23(27)28/h2-8,11-13,19-20,23H,9-10H2,1H3. The summed E-state index contributed by atoms with van der Waals surface area (Å²) < 4.78 is 90.9. The largest absolute Gasteiger partial charge is 0.487 e. The molecule has 14 heteroatoms. The van der Waals surface area contributed by atoms with Gasteiger partial charge in [0.05, 0.1) is 12.6 Å². The lowest BCUT2D eigenvalue weighted by Crippen LogP contribution is -2.57. The molecule has 2 heterocycles. The molecule has 0 bridgehead atoms. The maximum Gasteiger partial charge on any atom is 0.340 e. The fourth-order valence-electron chi connectivity index (χ4n) is 3.93. The van der Waals surface area contributed by atoms with Crippen LogP contribution in [0.25, 0.3) is 0 Å². The average Bonchev–Trinajstić information content (AvgIpc) is 3.38. The van der Waals surface area contributed by atoms with Crippen LogP contribution >= 0.6 is 0 Å². The van der Waals surface area contributed by atoms with Gasteiger partial charge in [0.2, 0.25) is 0 Å². The summed E-state index contributed by atoms with van der Waals surface area (Å²) in [6, 6.07) is 4.68. The Kier molecular flexibility index (Phi) is 7.60. The highest BCUT2D eigenvalue weighted by Gasteiger charge is 2.46. The number of cyclic esters (lactones) is 1. The van der Waals surface area contributed by atoms with Gasteiger partial charge in [0.25, 0.3) is 5.91 Å². The van der Waals surface area contributed by atoms with Crippen molar-refractivity contribution in [3.8, 4) is 5.75 Å². The van der Waals surface area contributed by atoms with Crippen molar-refractivity contribution in [3.05, 3.63) is 77.9 Å². The van der Waals surface area contributed by atoms with Crippen LogP contribution in [0.1, 0.15) is 28.9 Å². The Labute approximate surface area is 211 Å². The smallest absolute Gasteiger partial charge is 0.340 e. The topological polar surface area (TPSA) is 86.5 Å². The number of carbonyl (C=O) groups is 2. The van der Waals surface area contributed by atoms with Crippen LogP contribution in [0.3, 0.4) is 0 Å². The van der Waals surface area contributed by atoms with Crippen molar-refractivity contribution in [3.63, 3.8) is 0 Å². The van der Waals surface area contributed by atoms with Gasteiger partial charge in [-0.05, 0) is 37.3 Å². The van der Waals surface area contributed by atoms with Crippen LogP contribution < -0.4 is 4.74 Å². The number of amides is 1. The Morgan fingerprint density at radius 1 is 1.16 bits per heavy atom. The van der Waals surface area contributed by atoms with Crippen LogP contribution in [-0.4, -0.2) is 62.6 Å². The van der Waals surface area contributed by atoms with Crippen LogP contribution in [-0.2, 0) is 16.1 Å². The number of rotatable bonds is 8. The molecule has 1 amide bonds. The third kappa shape index (κ3) is 5.58. The molecule has 1 aliphatic rings. The fourth-order valence-corrected chi connectivity index (χ4v) is 3.93. The lowest BCUT2D eigenvalue weighted by molar-refractivity contribution is -0.171. The van der Waals surface area contributed by atoms with Crippen LogP contribution in [0.15, 0.2) is 55.1 Å². The van der Waals surface area contributed by atoms with Crippen LogP contribution in [0.4, 0.5) is 26.3 Å². The van der Waals surface area contributed by atoms with Gasteiger partial charge in [0.1, 0.15) is 36.1 Å². The van der Waals surface area contributed by atoms with E-state index in [4.69, 9.17) is 9.47 Å². The van der Waals surface area contributed by atoms with E-state index < -0.39 is 60.7 Å². The lowest BCUT2D eigenvalue weighted by atomic mass is 9.96. The van der Waals surface area contributed by atoms with E-state index in [0.29, 0.717) is 6.07 Å². The first-order chi connectivity index (χ1) is 18.0. The molecule has 2 aromatic carbocycles. The molecule has 1 saturated heterocycles. The van der Waals surface area contributed by atoms with E-state index in [1.165, 1.54) is 29.5 Å². The number of hydrogen-bond donors (Lipinski definition) is 0. The predicted molar refractivity (Wildman–Crippen MR) is 118 cm³/mol. The number of esters is 1. The van der Waals surface area contributed by atoms with Gasteiger partial charge < -0.3 is 14.4 Å². The van der Waals surface area contributed by atoms with Crippen LogP contribution in [0, 0.1) is 11.6 Å². The van der Waals surface area contributed by atoms with Crippen LogP contribution in [0.5, 0.6) is 5.75 Å². The van der Waals surface area contributed by atoms with Crippen molar-refractivity contribution in [2.45, 2.75) is 44.0 Å². The number of morpholine rings is 1.